The highest BCUT2D eigenvalue weighted by atomic mass is 35.5. The Morgan fingerprint density at radius 2 is 1.73 bits per heavy atom. The number of hydrogen-bond donors (Lipinski definition) is 1. The number of hydrogen-bond acceptors (Lipinski definition) is 3. The van der Waals surface area contributed by atoms with Crippen LogP contribution in [0.3, 0.4) is 0 Å². The molecular weight excluding hydrogens is 346 g/mol. The van der Waals surface area contributed by atoms with Crippen molar-refractivity contribution in [3.05, 3.63) is 65.7 Å². The summed E-state index contributed by atoms with van der Waals surface area (Å²) in [6.07, 6.45) is 2.49. The maximum atomic E-state index is 12.7. The molecule has 0 aliphatic carbocycles. The Balaban J connectivity index is 0.00000243. The van der Waals surface area contributed by atoms with E-state index in [9.17, 15) is 4.79 Å². The van der Waals surface area contributed by atoms with Crippen LogP contribution in [0.2, 0.25) is 0 Å². The van der Waals surface area contributed by atoms with Crippen molar-refractivity contribution in [2.24, 2.45) is 5.73 Å². The number of nitrogens with two attached hydrogens (primary N) is 1. The van der Waals surface area contributed by atoms with Crippen molar-refractivity contribution >= 4 is 24.0 Å². The van der Waals surface area contributed by atoms with Crippen LogP contribution in [0.15, 0.2) is 54.6 Å². The number of amides is 1. The molecule has 140 valence electrons. The number of fused-ring (bicyclic) bond motifs is 1. The van der Waals surface area contributed by atoms with Crippen LogP contribution in [0, 0.1) is 0 Å². The van der Waals surface area contributed by atoms with Gasteiger partial charge in [0.1, 0.15) is 0 Å². The Labute approximate surface area is 162 Å². The highest BCUT2D eigenvalue weighted by molar-refractivity contribution is 5.95. The number of carbonyl (C=O) groups is 1. The van der Waals surface area contributed by atoms with Gasteiger partial charge in [0, 0.05) is 44.8 Å². The molecule has 1 heterocycles. The summed E-state index contributed by atoms with van der Waals surface area (Å²) in [6.45, 7) is 3.96. The zero-order valence-electron chi connectivity index (χ0n) is 15.1. The molecule has 5 heteroatoms. The van der Waals surface area contributed by atoms with Gasteiger partial charge in [0.25, 0.3) is 0 Å². The molecule has 0 fully saturated rings. The van der Waals surface area contributed by atoms with Crippen LogP contribution in [-0.4, -0.2) is 43.5 Å². The van der Waals surface area contributed by atoms with Crippen molar-refractivity contribution in [1.29, 1.82) is 0 Å². The maximum Gasteiger partial charge on any atom is 0.228 e. The Kier molecular flexibility index (Phi) is 8.10. The second kappa shape index (κ2) is 10.3. The number of nitrogens with zero attached hydrogens (tertiary/aromatic N) is 2. The van der Waals surface area contributed by atoms with E-state index in [1.807, 2.05) is 29.2 Å². The number of para-hydroxylation sites is 1. The molecule has 1 aliphatic rings. The Morgan fingerprint density at radius 1 is 1.00 bits per heavy atom. The topological polar surface area (TPSA) is 49.6 Å². The van der Waals surface area contributed by atoms with Crippen molar-refractivity contribution in [1.82, 2.24) is 4.90 Å². The lowest BCUT2D eigenvalue weighted by Gasteiger charge is -2.23. The average molecular weight is 374 g/mol. The van der Waals surface area contributed by atoms with Gasteiger partial charge < -0.3 is 15.5 Å². The van der Waals surface area contributed by atoms with Crippen molar-refractivity contribution in [2.75, 3.05) is 37.6 Å². The summed E-state index contributed by atoms with van der Waals surface area (Å²) in [6, 6.07) is 18.7. The molecule has 2 N–H and O–H groups in total. The minimum absolute atomic E-state index is 0. The number of anilines is 1. The fourth-order valence-electron chi connectivity index (χ4n) is 3.44. The molecule has 0 saturated heterocycles. The third-order valence-corrected chi connectivity index (χ3v) is 4.83. The minimum Gasteiger partial charge on any atom is -0.329 e. The minimum atomic E-state index is 0. The largest absolute Gasteiger partial charge is 0.329 e. The monoisotopic (exact) mass is 373 g/mol. The van der Waals surface area contributed by atoms with E-state index in [1.165, 1.54) is 11.1 Å². The van der Waals surface area contributed by atoms with E-state index >= 15 is 0 Å². The lowest BCUT2D eigenvalue weighted by atomic mass is 10.1. The third-order valence-electron chi connectivity index (χ3n) is 4.83. The third kappa shape index (κ3) is 5.31. The molecule has 4 nitrogen and oxygen atoms in total. The molecule has 0 spiro atoms. The lowest BCUT2D eigenvalue weighted by molar-refractivity contribution is -0.118. The van der Waals surface area contributed by atoms with Gasteiger partial charge in [0.05, 0.1) is 0 Å². The first-order valence-corrected chi connectivity index (χ1v) is 9.12. The Morgan fingerprint density at radius 3 is 2.50 bits per heavy atom. The number of carbonyl (C=O) groups excluding carboxylic acids is 1. The van der Waals surface area contributed by atoms with Crippen LogP contribution in [0.1, 0.15) is 17.5 Å². The van der Waals surface area contributed by atoms with E-state index in [2.05, 4.69) is 35.2 Å². The van der Waals surface area contributed by atoms with Crippen LogP contribution in [0.25, 0.3) is 0 Å². The predicted octanol–water partition coefficient (Wildman–Crippen LogP) is 2.89. The van der Waals surface area contributed by atoms with Crippen LogP contribution in [0.5, 0.6) is 0 Å². The number of halogens is 1. The summed E-state index contributed by atoms with van der Waals surface area (Å²) >= 11 is 0. The summed E-state index contributed by atoms with van der Waals surface area (Å²) in [5.41, 5.74) is 9.44. The van der Waals surface area contributed by atoms with Crippen molar-refractivity contribution in [3.63, 3.8) is 0 Å². The van der Waals surface area contributed by atoms with E-state index < -0.39 is 0 Å². The molecule has 0 radical (unpaired) electrons. The molecule has 1 amide bonds. The first kappa shape index (κ1) is 20.4. The summed E-state index contributed by atoms with van der Waals surface area (Å²) in [7, 11) is 0. The first-order chi connectivity index (χ1) is 12.3. The van der Waals surface area contributed by atoms with Gasteiger partial charge in [-0.2, -0.15) is 0 Å². The Bertz CT molecular complexity index is 693. The molecule has 1 aliphatic heterocycles. The van der Waals surface area contributed by atoms with Crippen molar-refractivity contribution < 1.29 is 4.79 Å². The summed E-state index contributed by atoms with van der Waals surface area (Å²) in [5, 5.41) is 0. The summed E-state index contributed by atoms with van der Waals surface area (Å²) in [4.78, 5) is 16.9. The maximum absolute atomic E-state index is 12.7. The lowest BCUT2D eigenvalue weighted by Crippen LogP contribution is -2.36. The van der Waals surface area contributed by atoms with Gasteiger partial charge in [0.2, 0.25) is 5.91 Å². The van der Waals surface area contributed by atoms with Crippen molar-refractivity contribution in [2.45, 2.75) is 19.3 Å². The van der Waals surface area contributed by atoms with E-state index in [1.54, 1.807) is 0 Å². The quantitative estimate of drug-likeness (QED) is 0.774. The fraction of sp³-hybridized carbons (Fsp3) is 0.381. The van der Waals surface area contributed by atoms with Crippen LogP contribution >= 0.6 is 12.4 Å². The van der Waals surface area contributed by atoms with Crippen LogP contribution < -0.4 is 10.6 Å². The average Bonchev–Trinajstić information content (AvgIpc) is 3.09. The second-order valence-electron chi connectivity index (χ2n) is 6.54. The molecule has 3 rings (SSSR count). The van der Waals surface area contributed by atoms with Gasteiger partial charge >= 0.3 is 0 Å². The normalized spacial score (nSPS) is 12.8. The molecule has 0 bridgehead atoms. The molecule has 0 unspecified atom stereocenters. The highest BCUT2D eigenvalue weighted by Crippen LogP contribution is 2.27. The molecule has 2 aromatic rings. The van der Waals surface area contributed by atoms with Gasteiger partial charge in [0.15, 0.2) is 0 Å². The van der Waals surface area contributed by atoms with Crippen molar-refractivity contribution in [3.8, 4) is 0 Å². The zero-order valence-corrected chi connectivity index (χ0v) is 16.0. The standard InChI is InChI=1S/C21H27N3O.ClH/c22-13-17-23(14-10-18-6-2-1-3-7-18)15-12-21(25)24-16-11-19-8-4-5-9-20(19)24;/h1-9H,10-17,22H2;1H. The molecule has 0 aromatic heterocycles. The van der Waals surface area contributed by atoms with Crippen LogP contribution in [0.4, 0.5) is 5.69 Å². The highest BCUT2D eigenvalue weighted by Gasteiger charge is 2.24. The van der Waals surface area contributed by atoms with Crippen LogP contribution in [-0.2, 0) is 17.6 Å². The van der Waals surface area contributed by atoms with E-state index in [0.29, 0.717) is 13.0 Å². The van der Waals surface area contributed by atoms with E-state index in [0.717, 1.165) is 44.7 Å². The molecule has 0 atom stereocenters. The van der Waals surface area contributed by atoms with Gasteiger partial charge in [-0.25, -0.2) is 0 Å². The summed E-state index contributed by atoms with van der Waals surface area (Å²) < 4.78 is 0. The molecule has 0 saturated carbocycles. The van der Waals surface area contributed by atoms with Gasteiger partial charge in [-0.3, -0.25) is 4.79 Å². The van der Waals surface area contributed by atoms with Gasteiger partial charge in [-0.15, -0.1) is 12.4 Å². The fourth-order valence-corrected chi connectivity index (χ4v) is 3.44. The number of rotatable bonds is 8. The van der Waals surface area contributed by atoms with E-state index in [4.69, 9.17) is 5.73 Å². The summed E-state index contributed by atoms with van der Waals surface area (Å²) in [5.74, 6) is 0.215. The predicted molar refractivity (Wildman–Crippen MR) is 110 cm³/mol. The van der Waals surface area contributed by atoms with Gasteiger partial charge in [-0.05, 0) is 30.0 Å². The van der Waals surface area contributed by atoms with Gasteiger partial charge in [-0.1, -0.05) is 48.5 Å². The smallest absolute Gasteiger partial charge is 0.228 e. The molecule has 2 aromatic carbocycles. The SMILES string of the molecule is Cl.NCCN(CCC(=O)N1CCc2ccccc21)CCc1ccccc1. The Hall–Kier alpha value is -1.88. The molecular formula is C21H28ClN3O. The first-order valence-electron chi connectivity index (χ1n) is 9.12. The molecule has 26 heavy (non-hydrogen) atoms. The zero-order chi connectivity index (χ0) is 17.5. The van der Waals surface area contributed by atoms with E-state index in [-0.39, 0.29) is 18.3 Å². The second-order valence-corrected chi connectivity index (χ2v) is 6.54. The number of benzene rings is 2.